The normalized spacial score (nSPS) is 18.4. The molecule has 0 radical (unpaired) electrons. The summed E-state index contributed by atoms with van der Waals surface area (Å²) in [6.07, 6.45) is 2.92. The number of nitrogens with two attached hydrogens (primary N) is 1. The predicted molar refractivity (Wildman–Crippen MR) is 70.0 cm³/mol. The van der Waals surface area contributed by atoms with Crippen LogP contribution in [-0.4, -0.2) is 41.6 Å². The van der Waals surface area contributed by atoms with Crippen molar-refractivity contribution < 1.29 is 14.7 Å². The first-order valence-electron chi connectivity index (χ1n) is 6.01. The van der Waals surface area contributed by atoms with Gasteiger partial charge in [-0.15, -0.1) is 0 Å². The molecule has 1 fully saturated rings. The van der Waals surface area contributed by atoms with Gasteiger partial charge in [0.1, 0.15) is 11.9 Å². The van der Waals surface area contributed by atoms with Crippen LogP contribution in [0.2, 0.25) is 0 Å². The van der Waals surface area contributed by atoms with Crippen molar-refractivity contribution in [1.29, 1.82) is 0 Å². The molecule has 0 aromatic carbocycles. The number of anilines is 2. The minimum atomic E-state index is -1.10. The number of carbonyl (C=O) groups excluding carboxylic acids is 1. The Morgan fingerprint density at radius 3 is 2.95 bits per heavy atom. The second-order valence-electron chi connectivity index (χ2n) is 4.40. The summed E-state index contributed by atoms with van der Waals surface area (Å²) in [5, 5.41) is 11.7. The Hall–Kier alpha value is -2.31. The molecule has 19 heavy (non-hydrogen) atoms. The van der Waals surface area contributed by atoms with Crippen molar-refractivity contribution in [3.8, 4) is 0 Å². The number of nitrogen functional groups attached to an aromatic ring is 1. The number of nitrogens with zero attached hydrogens (tertiary/aromatic N) is 2. The van der Waals surface area contributed by atoms with Gasteiger partial charge in [-0.05, 0) is 18.9 Å². The number of aromatic carboxylic acids is 1. The fourth-order valence-corrected chi connectivity index (χ4v) is 2.28. The lowest BCUT2D eigenvalue weighted by atomic mass is 10.2. The topological polar surface area (TPSA) is 109 Å². The van der Waals surface area contributed by atoms with E-state index in [9.17, 15) is 9.59 Å². The molecule has 1 aromatic rings. The molecule has 7 heteroatoms. The zero-order valence-corrected chi connectivity index (χ0v) is 10.6. The molecular weight excluding hydrogens is 248 g/mol. The molecule has 1 unspecified atom stereocenters. The first-order chi connectivity index (χ1) is 9.04. The maximum Gasteiger partial charge on any atom is 0.337 e. The van der Waals surface area contributed by atoms with Gasteiger partial charge in [0.15, 0.2) is 0 Å². The van der Waals surface area contributed by atoms with Crippen molar-refractivity contribution in [2.75, 3.05) is 24.2 Å². The summed E-state index contributed by atoms with van der Waals surface area (Å²) in [5.41, 5.74) is 5.69. The van der Waals surface area contributed by atoms with E-state index in [2.05, 4.69) is 10.3 Å². The van der Waals surface area contributed by atoms with E-state index < -0.39 is 5.97 Å². The van der Waals surface area contributed by atoms with Gasteiger partial charge in [0.2, 0.25) is 5.91 Å². The van der Waals surface area contributed by atoms with Gasteiger partial charge in [-0.2, -0.15) is 0 Å². The number of amides is 1. The maximum absolute atomic E-state index is 11.8. The molecule has 2 rings (SSSR count). The monoisotopic (exact) mass is 264 g/mol. The van der Waals surface area contributed by atoms with Crippen LogP contribution in [0.5, 0.6) is 0 Å². The Kier molecular flexibility index (Phi) is 3.55. The van der Waals surface area contributed by atoms with Crippen LogP contribution in [0, 0.1) is 0 Å². The van der Waals surface area contributed by atoms with E-state index in [0.29, 0.717) is 12.4 Å². The van der Waals surface area contributed by atoms with E-state index in [1.807, 2.05) is 4.90 Å². The van der Waals surface area contributed by atoms with Crippen molar-refractivity contribution in [3.05, 3.63) is 17.8 Å². The molecule has 0 spiro atoms. The van der Waals surface area contributed by atoms with E-state index in [-0.39, 0.29) is 23.2 Å². The van der Waals surface area contributed by atoms with Gasteiger partial charge in [-0.3, -0.25) is 4.79 Å². The van der Waals surface area contributed by atoms with Crippen molar-refractivity contribution >= 4 is 23.4 Å². The summed E-state index contributed by atoms with van der Waals surface area (Å²) in [6, 6.07) is 1.11. The molecule has 1 amide bonds. The average molecular weight is 264 g/mol. The fourth-order valence-electron chi connectivity index (χ4n) is 2.28. The average Bonchev–Trinajstić information content (AvgIpc) is 2.87. The van der Waals surface area contributed by atoms with Crippen molar-refractivity contribution in [3.63, 3.8) is 0 Å². The molecule has 0 bridgehead atoms. The molecule has 1 aromatic heterocycles. The number of carboxylic acid groups (broad SMARTS) is 1. The number of pyridine rings is 1. The highest BCUT2D eigenvalue weighted by Gasteiger charge is 2.31. The maximum atomic E-state index is 11.8. The fraction of sp³-hybridized carbons (Fsp3) is 0.417. The van der Waals surface area contributed by atoms with Crippen LogP contribution in [0.25, 0.3) is 0 Å². The Labute approximate surface area is 110 Å². The zero-order valence-electron chi connectivity index (χ0n) is 10.6. The van der Waals surface area contributed by atoms with E-state index in [1.165, 1.54) is 12.3 Å². The van der Waals surface area contributed by atoms with Crippen molar-refractivity contribution in [2.45, 2.75) is 18.9 Å². The molecule has 0 aliphatic carbocycles. The number of hydrogen-bond acceptors (Lipinski definition) is 5. The molecule has 1 aliphatic heterocycles. The minimum Gasteiger partial charge on any atom is -0.478 e. The molecule has 102 valence electrons. The van der Waals surface area contributed by atoms with Crippen LogP contribution < -0.4 is 16.0 Å². The van der Waals surface area contributed by atoms with Gasteiger partial charge in [-0.25, -0.2) is 9.78 Å². The Balaban J connectivity index is 2.33. The molecule has 4 N–H and O–H groups in total. The Morgan fingerprint density at radius 2 is 2.32 bits per heavy atom. The van der Waals surface area contributed by atoms with Crippen LogP contribution in [-0.2, 0) is 4.79 Å². The van der Waals surface area contributed by atoms with Gasteiger partial charge in [0, 0.05) is 13.6 Å². The predicted octanol–water partition coefficient (Wildman–Crippen LogP) is 0.0768. The van der Waals surface area contributed by atoms with Crippen LogP contribution in [0.4, 0.5) is 11.5 Å². The summed E-state index contributed by atoms with van der Waals surface area (Å²) in [5.74, 6) is -0.720. The van der Waals surface area contributed by atoms with E-state index in [4.69, 9.17) is 10.8 Å². The highest BCUT2D eigenvalue weighted by Crippen LogP contribution is 2.26. The molecule has 2 heterocycles. The summed E-state index contributed by atoms with van der Waals surface area (Å²) in [7, 11) is 1.58. The number of rotatable bonds is 3. The second-order valence-corrected chi connectivity index (χ2v) is 4.40. The van der Waals surface area contributed by atoms with Crippen molar-refractivity contribution in [1.82, 2.24) is 10.3 Å². The van der Waals surface area contributed by atoms with Gasteiger partial charge < -0.3 is 21.1 Å². The molecule has 0 saturated carbocycles. The minimum absolute atomic E-state index is 0.00700. The third kappa shape index (κ3) is 2.44. The van der Waals surface area contributed by atoms with Crippen LogP contribution >= 0.6 is 0 Å². The van der Waals surface area contributed by atoms with Crippen LogP contribution in [0.3, 0.4) is 0 Å². The number of nitrogens with one attached hydrogen (secondary N) is 1. The number of likely N-dealkylation sites (N-methyl/N-ethyl adjacent to an activating group) is 1. The first-order valence-corrected chi connectivity index (χ1v) is 6.01. The van der Waals surface area contributed by atoms with Gasteiger partial charge in [0.25, 0.3) is 0 Å². The lowest BCUT2D eigenvalue weighted by Gasteiger charge is -2.24. The summed E-state index contributed by atoms with van der Waals surface area (Å²) in [6.45, 7) is 0.675. The first kappa shape index (κ1) is 13.1. The lowest BCUT2D eigenvalue weighted by Crippen LogP contribution is -2.42. The van der Waals surface area contributed by atoms with Crippen LogP contribution in [0.1, 0.15) is 23.2 Å². The van der Waals surface area contributed by atoms with Crippen LogP contribution in [0.15, 0.2) is 12.3 Å². The van der Waals surface area contributed by atoms with Crippen molar-refractivity contribution in [2.24, 2.45) is 0 Å². The Bertz CT molecular complexity index is 518. The standard InChI is InChI=1S/C12H16N4O3/c1-14-11(17)9-3-2-4-16(9)10-5-7(12(18)19)8(13)6-15-10/h5-6,9H,2-4,13H2,1H3,(H,14,17)(H,18,19). The third-order valence-electron chi connectivity index (χ3n) is 3.25. The summed E-state index contributed by atoms with van der Waals surface area (Å²) >= 11 is 0. The Morgan fingerprint density at radius 1 is 1.58 bits per heavy atom. The molecule has 1 atom stereocenters. The van der Waals surface area contributed by atoms with E-state index >= 15 is 0 Å². The summed E-state index contributed by atoms with van der Waals surface area (Å²) in [4.78, 5) is 28.8. The van der Waals surface area contributed by atoms with E-state index in [1.54, 1.807) is 7.05 Å². The van der Waals surface area contributed by atoms with Gasteiger partial charge in [0.05, 0.1) is 17.4 Å². The lowest BCUT2D eigenvalue weighted by molar-refractivity contribution is -0.121. The molecular formula is C12H16N4O3. The molecule has 1 aliphatic rings. The van der Waals surface area contributed by atoms with Gasteiger partial charge in [-0.1, -0.05) is 0 Å². The zero-order chi connectivity index (χ0) is 14.0. The van der Waals surface area contributed by atoms with E-state index in [0.717, 1.165) is 12.8 Å². The largest absolute Gasteiger partial charge is 0.478 e. The highest BCUT2D eigenvalue weighted by atomic mass is 16.4. The SMILES string of the molecule is CNC(=O)C1CCCN1c1cc(C(=O)O)c(N)cn1. The third-order valence-corrected chi connectivity index (χ3v) is 3.25. The number of carboxylic acids is 1. The highest BCUT2D eigenvalue weighted by molar-refractivity contribution is 5.94. The van der Waals surface area contributed by atoms with Gasteiger partial charge >= 0.3 is 5.97 Å². The number of aromatic nitrogens is 1. The quantitative estimate of drug-likeness (QED) is 0.713. The number of carbonyl (C=O) groups is 2. The number of hydrogen-bond donors (Lipinski definition) is 3. The smallest absolute Gasteiger partial charge is 0.337 e. The molecule has 1 saturated heterocycles. The molecule has 7 nitrogen and oxygen atoms in total. The second kappa shape index (κ2) is 5.13. The summed E-state index contributed by atoms with van der Waals surface area (Å²) < 4.78 is 0.